The molecule has 0 aromatic carbocycles. The Kier molecular flexibility index (Phi) is 23.5. The monoisotopic (exact) mass is 534 g/mol. The van der Waals surface area contributed by atoms with Gasteiger partial charge in [-0.2, -0.15) is 0 Å². The van der Waals surface area contributed by atoms with Gasteiger partial charge in [0.25, 0.3) is 0 Å². The first-order valence-corrected chi connectivity index (χ1v) is 17.4. The molecule has 1 N–H and O–H groups in total. The van der Waals surface area contributed by atoms with Gasteiger partial charge in [-0.15, -0.1) is 0 Å². The van der Waals surface area contributed by atoms with Crippen LogP contribution in [0.4, 0.5) is 0 Å². The predicted molar refractivity (Wildman–Crippen MR) is 170 cm³/mol. The number of nitrogens with zero attached hydrogens (tertiary/aromatic N) is 2. The number of aliphatic imine (C=N–C) groups is 1. The molecule has 0 radical (unpaired) electrons. The summed E-state index contributed by atoms with van der Waals surface area (Å²) in [4.78, 5) is 4.90. The fourth-order valence-corrected chi connectivity index (χ4v) is 6.17. The van der Waals surface area contributed by atoms with Crippen molar-refractivity contribution in [3.8, 4) is 0 Å². The third-order valence-electron chi connectivity index (χ3n) is 8.85. The van der Waals surface area contributed by atoms with E-state index in [1.165, 1.54) is 160 Å². The van der Waals surface area contributed by atoms with Gasteiger partial charge in [0.15, 0.2) is 6.23 Å². The molecule has 0 saturated heterocycles. The Hall–Kier alpha value is -0.670. The smallest absolute Gasteiger partial charge is 0.200 e. The minimum absolute atomic E-state index is 0.317. The van der Waals surface area contributed by atoms with Gasteiger partial charge in [-0.3, -0.25) is 4.48 Å². The highest BCUT2D eigenvalue weighted by atomic mass is 16.3. The number of hydrogen-bond acceptors (Lipinski definition) is 2. The molecule has 2 unspecified atom stereocenters. The molecule has 0 aliphatic carbocycles. The first kappa shape index (κ1) is 35.4. The molecule has 0 saturated carbocycles. The number of rotatable bonds is 28. The molecular formula is C35H69N2O+. The van der Waals surface area contributed by atoms with E-state index in [1.807, 2.05) is 6.92 Å². The minimum Gasteiger partial charge on any atom is -0.345 e. The zero-order valence-electron chi connectivity index (χ0n) is 26.4. The predicted octanol–water partition coefficient (Wildman–Crippen LogP) is 10.9. The van der Waals surface area contributed by atoms with Crippen LogP contribution in [0.2, 0.25) is 0 Å². The van der Waals surface area contributed by atoms with Crippen LogP contribution in [0.5, 0.6) is 0 Å². The van der Waals surface area contributed by atoms with E-state index in [9.17, 15) is 5.11 Å². The zero-order chi connectivity index (χ0) is 27.6. The third kappa shape index (κ3) is 17.1. The standard InChI is InChI=1S/C35H69N2O/c1-4-6-8-10-12-14-16-17-18-19-20-21-23-25-27-29-32-37(34(3)38)33-31-36-35(37)30-28-26-24-22-15-13-11-9-7-5-2/h17-18,34,38H,4-16,19-33H2,1-3H3/q+1/b18-17-. The fourth-order valence-electron chi connectivity index (χ4n) is 6.17. The van der Waals surface area contributed by atoms with Crippen LogP contribution in [0.3, 0.4) is 0 Å². The van der Waals surface area contributed by atoms with Gasteiger partial charge in [-0.25, -0.2) is 4.99 Å². The lowest BCUT2D eigenvalue weighted by molar-refractivity contribution is -0.884. The molecule has 0 bridgehead atoms. The van der Waals surface area contributed by atoms with E-state index < -0.39 is 0 Å². The number of quaternary nitrogens is 1. The molecule has 1 aliphatic rings. The first-order valence-electron chi connectivity index (χ1n) is 17.4. The third-order valence-corrected chi connectivity index (χ3v) is 8.85. The van der Waals surface area contributed by atoms with Gasteiger partial charge >= 0.3 is 0 Å². The van der Waals surface area contributed by atoms with Gasteiger partial charge in [0.05, 0.1) is 13.1 Å². The van der Waals surface area contributed by atoms with Gasteiger partial charge < -0.3 is 5.11 Å². The summed E-state index contributed by atoms with van der Waals surface area (Å²) in [5.74, 6) is 1.30. The average molecular weight is 534 g/mol. The second kappa shape index (κ2) is 25.3. The number of unbranched alkanes of at least 4 members (excludes halogenated alkanes) is 21. The Balaban J connectivity index is 2.07. The Morgan fingerprint density at radius 1 is 0.632 bits per heavy atom. The van der Waals surface area contributed by atoms with Crippen molar-refractivity contribution in [1.82, 2.24) is 0 Å². The molecule has 3 nitrogen and oxygen atoms in total. The van der Waals surface area contributed by atoms with Crippen molar-refractivity contribution in [1.29, 1.82) is 0 Å². The molecule has 3 heteroatoms. The molecule has 0 aromatic heterocycles. The molecule has 0 aromatic rings. The summed E-state index contributed by atoms with van der Waals surface area (Å²) in [5.41, 5.74) is 0. The van der Waals surface area contributed by atoms with Gasteiger partial charge in [-0.1, -0.05) is 135 Å². The van der Waals surface area contributed by atoms with Crippen molar-refractivity contribution in [3.63, 3.8) is 0 Å². The quantitative estimate of drug-likeness (QED) is 0.0605. The van der Waals surface area contributed by atoms with Crippen LogP contribution in [0, 0.1) is 0 Å². The number of aliphatic hydroxyl groups is 1. The fraction of sp³-hybridized carbons (Fsp3) is 0.914. The minimum atomic E-state index is -0.317. The molecule has 2 atom stereocenters. The normalized spacial score (nSPS) is 18.5. The number of aliphatic hydroxyl groups excluding tert-OH is 1. The van der Waals surface area contributed by atoms with E-state index in [-0.39, 0.29) is 6.23 Å². The summed E-state index contributed by atoms with van der Waals surface area (Å²) in [6, 6.07) is 0. The van der Waals surface area contributed by atoms with E-state index in [0.717, 1.165) is 30.5 Å². The van der Waals surface area contributed by atoms with Crippen LogP contribution in [0.15, 0.2) is 17.1 Å². The second-order valence-electron chi connectivity index (χ2n) is 12.3. The molecule has 1 rings (SSSR count). The Morgan fingerprint density at radius 3 is 1.53 bits per heavy atom. The lowest BCUT2D eigenvalue weighted by Gasteiger charge is -2.37. The van der Waals surface area contributed by atoms with Crippen LogP contribution in [-0.4, -0.2) is 41.3 Å². The lowest BCUT2D eigenvalue weighted by atomic mass is 10.0. The summed E-state index contributed by atoms with van der Waals surface area (Å²) in [7, 11) is 0. The van der Waals surface area contributed by atoms with Crippen molar-refractivity contribution in [2.24, 2.45) is 4.99 Å². The second-order valence-corrected chi connectivity index (χ2v) is 12.3. The van der Waals surface area contributed by atoms with Crippen molar-refractivity contribution in [3.05, 3.63) is 12.2 Å². The van der Waals surface area contributed by atoms with Crippen molar-refractivity contribution < 1.29 is 9.59 Å². The SMILES string of the molecule is CCCCCCCC/C=C\CCCCCCCC[N+]1(C(C)O)CCN=C1CCCCCCCCCCCC. The van der Waals surface area contributed by atoms with Crippen LogP contribution >= 0.6 is 0 Å². The molecule has 1 heterocycles. The van der Waals surface area contributed by atoms with Gasteiger partial charge in [-0.05, 0) is 44.9 Å². The highest BCUT2D eigenvalue weighted by Crippen LogP contribution is 2.25. The van der Waals surface area contributed by atoms with Gasteiger partial charge in [0, 0.05) is 13.3 Å². The molecule has 224 valence electrons. The highest BCUT2D eigenvalue weighted by Gasteiger charge is 2.41. The van der Waals surface area contributed by atoms with E-state index in [1.54, 1.807) is 0 Å². The Morgan fingerprint density at radius 2 is 1.05 bits per heavy atom. The maximum Gasteiger partial charge on any atom is 0.200 e. The Labute approximate surface area is 239 Å². The van der Waals surface area contributed by atoms with Crippen molar-refractivity contribution in [2.45, 2.75) is 188 Å². The van der Waals surface area contributed by atoms with E-state index in [4.69, 9.17) is 4.99 Å². The maximum absolute atomic E-state index is 10.7. The first-order chi connectivity index (χ1) is 18.7. The molecular weight excluding hydrogens is 464 g/mol. The molecule has 1 aliphatic heterocycles. The van der Waals surface area contributed by atoms with Crippen LogP contribution in [-0.2, 0) is 0 Å². The Bertz CT molecular complexity index is 570. The molecule has 0 amide bonds. The number of allylic oxidation sites excluding steroid dienone is 2. The highest BCUT2D eigenvalue weighted by molar-refractivity contribution is 5.76. The van der Waals surface area contributed by atoms with Crippen LogP contribution in [0.1, 0.15) is 181 Å². The summed E-state index contributed by atoms with van der Waals surface area (Å²) in [5, 5.41) is 10.7. The van der Waals surface area contributed by atoms with Crippen molar-refractivity contribution in [2.75, 3.05) is 19.6 Å². The van der Waals surface area contributed by atoms with Crippen LogP contribution in [0.25, 0.3) is 0 Å². The summed E-state index contributed by atoms with van der Waals surface area (Å²) in [6.45, 7) is 9.57. The maximum atomic E-state index is 10.7. The zero-order valence-corrected chi connectivity index (χ0v) is 26.4. The van der Waals surface area contributed by atoms with E-state index in [2.05, 4.69) is 26.0 Å². The van der Waals surface area contributed by atoms with E-state index in [0.29, 0.717) is 0 Å². The molecule has 0 fully saturated rings. The molecule has 38 heavy (non-hydrogen) atoms. The number of amidine groups is 1. The largest absolute Gasteiger partial charge is 0.345 e. The average Bonchev–Trinajstić information content (AvgIpc) is 3.33. The van der Waals surface area contributed by atoms with Crippen molar-refractivity contribution >= 4 is 5.84 Å². The number of hydrogen-bond donors (Lipinski definition) is 1. The van der Waals surface area contributed by atoms with Crippen LogP contribution < -0.4 is 0 Å². The lowest BCUT2D eigenvalue weighted by Crippen LogP contribution is -2.57. The summed E-state index contributed by atoms with van der Waals surface area (Å²) in [6.07, 6.45) is 38.2. The van der Waals surface area contributed by atoms with Gasteiger partial charge in [0.2, 0.25) is 5.84 Å². The van der Waals surface area contributed by atoms with E-state index >= 15 is 0 Å². The summed E-state index contributed by atoms with van der Waals surface area (Å²) < 4.78 is 0.765. The summed E-state index contributed by atoms with van der Waals surface area (Å²) >= 11 is 0. The van der Waals surface area contributed by atoms with Gasteiger partial charge in [0.1, 0.15) is 6.54 Å². The topological polar surface area (TPSA) is 32.6 Å². The molecule has 0 spiro atoms.